The molecule has 31 heavy (non-hydrogen) atoms. The number of ether oxygens (including phenoxy) is 1. The maximum Gasteiger partial charge on any atom is 0.315 e. The summed E-state index contributed by atoms with van der Waals surface area (Å²) >= 11 is 1.27. The van der Waals surface area contributed by atoms with Crippen LogP contribution in [0.2, 0.25) is 0 Å². The molecule has 3 aromatic rings. The van der Waals surface area contributed by atoms with Gasteiger partial charge in [0.05, 0.1) is 18.6 Å². The molecule has 2 amide bonds. The lowest BCUT2D eigenvalue weighted by Gasteiger charge is -2.05. The Kier molecular flexibility index (Phi) is 7.77. The molecule has 0 aliphatic heterocycles. The van der Waals surface area contributed by atoms with Crippen LogP contribution in [0.4, 0.5) is 0 Å². The van der Waals surface area contributed by atoms with Crippen LogP contribution < -0.4 is 10.9 Å². The van der Waals surface area contributed by atoms with Gasteiger partial charge in [0.1, 0.15) is 0 Å². The van der Waals surface area contributed by atoms with Crippen molar-refractivity contribution in [2.24, 2.45) is 0 Å². The molecule has 3 rings (SSSR count). The van der Waals surface area contributed by atoms with Crippen LogP contribution in [0.1, 0.15) is 17.0 Å². The van der Waals surface area contributed by atoms with E-state index in [9.17, 15) is 14.4 Å². The van der Waals surface area contributed by atoms with Gasteiger partial charge in [-0.1, -0.05) is 48.5 Å². The summed E-state index contributed by atoms with van der Waals surface area (Å²) in [6.45, 7) is 0. The van der Waals surface area contributed by atoms with Gasteiger partial charge in [-0.05, 0) is 12.1 Å². The van der Waals surface area contributed by atoms with Gasteiger partial charge >= 0.3 is 11.9 Å². The third-order valence-electron chi connectivity index (χ3n) is 4.08. The summed E-state index contributed by atoms with van der Waals surface area (Å²) in [6, 6.07) is 18.7. The minimum absolute atomic E-state index is 0.0805. The second kappa shape index (κ2) is 10.9. The Morgan fingerprint density at radius 3 is 2.35 bits per heavy atom. The molecule has 0 atom stereocenters. The zero-order valence-corrected chi connectivity index (χ0v) is 17.6. The van der Waals surface area contributed by atoms with Gasteiger partial charge in [0.15, 0.2) is 5.82 Å². The number of nitrogens with one attached hydrogen (secondary N) is 2. The molecule has 0 spiro atoms. The predicted molar refractivity (Wildman–Crippen MR) is 116 cm³/mol. The molecule has 1 aromatic heterocycles. The van der Waals surface area contributed by atoms with E-state index in [4.69, 9.17) is 0 Å². The minimum Gasteiger partial charge on any atom is -0.468 e. The topological polar surface area (TPSA) is 115 Å². The first kappa shape index (κ1) is 22.0. The summed E-state index contributed by atoms with van der Waals surface area (Å²) in [7, 11) is 1.31. The lowest BCUT2D eigenvalue weighted by atomic mass is 10.2. The van der Waals surface area contributed by atoms with Gasteiger partial charge in [0, 0.05) is 17.7 Å². The number of hydrazine groups is 1. The normalized spacial score (nSPS) is 10.4. The number of hydrogen-bond acceptors (Lipinski definition) is 7. The summed E-state index contributed by atoms with van der Waals surface area (Å²) in [6.07, 6.45) is 0.128. The van der Waals surface area contributed by atoms with Crippen LogP contribution in [0.3, 0.4) is 0 Å². The van der Waals surface area contributed by atoms with Crippen molar-refractivity contribution in [2.75, 3.05) is 18.6 Å². The van der Waals surface area contributed by atoms with Gasteiger partial charge in [-0.3, -0.25) is 25.2 Å². The van der Waals surface area contributed by atoms with E-state index in [1.54, 1.807) is 4.68 Å². The first-order valence-electron chi connectivity index (χ1n) is 9.40. The van der Waals surface area contributed by atoms with E-state index in [0.29, 0.717) is 11.6 Å². The second-order valence-corrected chi connectivity index (χ2v) is 7.36. The summed E-state index contributed by atoms with van der Waals surface area (Å²) in [4.78, 5) is 39.8. The smallest absolute Gasteiger partial charge is 0.315 e. The zero-order valence-electron chi connectivity index (χ0n) is 16.8. The van der Waals surface area contributed by atoms with Crippen LogP contribution in [-0.4, -0.2) is 51.2 Å². The van der Waals surface area contributed by atoms with Gasteiger partial charge < -0.3 is 4.74 Å². The molecule has 160 valence electrons. The predicted octanol–water partition coefficient (Wildman–Crippen LogP) is 1.99. The highest BCUT2D eigenvalue weighted by Crippen LogP contribution is 2.20. The van der Waals surface area contributed by atoms with Crippen molar-refractivity contribution in [1.29, 1.82) is 0 Å². The number of thioether (sulfide) groups is 1. The molecule has 0 saturated heterocycles. The van der Waals surface area contributed by atoms with Crippen LogP contribution in [0, 0.1) is 0 Å². The van der Waals surface area contributed by atoms with Gasteiger partial charge in [0.25, 0.3) is 0 Å². The van der Waals surface area contributed by atoms with Gasteiger partial charge in [-0.2, -0.15) is 0 Å². The number of amides is 2. The second-order valence-electron chi connectivity index (χ2n) is 6.25. The number of hydrogen-bond donors (Lipinski definition) is 2. The van der Waals surface area contributed by atoms with Crippen LogP contribution in [-0.2, 0) is 14.3 Å². The van der Waals surface area contributed by atoms with E-state index in [1.165, 1.54) is 18.9 Å². The Labute approximate surface area is 183 Å². The van der Waals surface area contributed by atoms with E-state index < -0.39 is 11.8 Å². The third-order valence-corrected chi connectivity index (χ3v) is 5.01. The summed E-state index contributed by atoms with van der Waals surface area (Å²) < 4.78 is 6.11. The highest BCUT2D eigenvalue weighted by atomic mass is 32.2. The van der Waals surface area contributed by atoms with Crippen molar-refractivity contribution >= 4 is 29.5 Å². The molecule has 9 nitrogen and oxygen atoms in total. The average molecular weight is 439 g/mol. The van der Waals surface area contributed by atoms with E-state index in [-0.39, 0.29) is 24.0 Å². The largest absolute Gasteiger partial charge is 0.468 e. The Morgan fingerprint density at radius 2 is 1.68 bits per heavy atom. The fraction of sp³-hybridized carbons (Fsp3) is 0.190. The minimum atomic E-state index is -0.637. The van der Waals surface area contributed by atoms with Gasteiger partial charge in [-0.15, -0.1) is 16.9 Å². The Balaban J connectivity index is 1.66. The van der Waals surface area contributed by atoms with Gasteiger partial charge in [-0.25, -0.2) is 9.67 Å². The molecule has 0 fully saturated rings. The van der Waals surface area contributed by atoms with Crippen LogP contribution in [0.15, 0.2) is 60.7 Å². The molecule has 0 aliphatic carbocycles. The molecule has 1 heterocycles. The number of methoxy groups -OCH3 is 1. The highest BCUT2D eigenvalue weighted by molar-refractivity contribution is 7.99. The van der Waals surface area contributed by atoms with Crippen LogP contribution in [0.5, 0.6) is 0 Å². The lowest BCUT2D eigenvalue weighted by Crippen LogP contribution is -2.42. The number of carbonyl (C=O) groups excluding carboxylic acids is 3. The molecule has 10 heteroatoms. The highest BCUT2D eigenvalue weighted by Gasteiger charge is 2.19. The molecular formula is C21H21N5O4S. The first-order chi connectivity index (χ1) is 15.1. The van der Waals surface area contributed by atoms with E-state index >= 15 is 0 Å². The van der Waals surface area contributed by atoms with Crippen molar-refractivity contribution in [1.82, 2.24) is 25.6 Å². The van der Waals surface area contributed by atoms with Gasteiger partial charge in [0.2, 0.25) is 11.7 Å². The van der Waals surface area contributed by atoms with E-state index in [2.05, 4.69) is 25.7 Å². The standard InChI is InChI=1S/C21H21N5O4S/c1-30-18(28)14-31-13-12-17(27)23-24-21(29)19-22-20(15-8-4-2-5-9-15)26(25-19)16-10-6-3-7-11-16/h2-11H,12-14H2,1H3,(H,23,27)(H,24,29). The molecule has 0 aliphatic rings. The molecular weight excluding hydrogens is 418 g/mol. The Hall–Kier alpha value is -3.66. The monoisotopic (exact) mass is 439 g/mol. The molecule has 0 bridgehead atoms. The number of carbonyl (C=O) groups is 3. The van der Waals surface area contributed by atoms with Crippen LogP contribution >= 0.6 is 11.8 Å². The zero-order chi connectivity index (χ0) is 22.1. The number of para-hydroxylation sites is 1. The average Bonchev–Trinajstić information content (AvgIpc) is 3.27. The van der Waals surface area contributed by atoms with Crippen molar-refractivity contribution in [3.05, 3.63) is 66.5 Å². The maximum atomic E-state index is 12.5. The third kappa shape index (κ3) is 6.16. The number of aromatic nitrogens is 3. The van der Waals surface area contributed by atoms with Crippen molar-refractivity contribution in [2.45, 2.75) is 6.42 Å². The fourth-order valence-electron chi connectivity index (χ4n) is 2.56. The van der Waals surface area contributed by atoms with Crippen molar-refractivity contribution in [3.63, 3.8) is 0 Å². The van der Waals surface area contributed by atoms with Crippen LogP contribution in [0.25, 0.3) is 17.1 Å². The SMILES string of the molecule is COC(=O)CSCCC(=O)NNC(=O)c1nc(-c2ccccc2)n(-c2ccccc2)n1. The lowest BCUT2D eigenvalue weighted by molar-refractivity contribution is -0.137. The number of esters is 1. The summed E-state index contributed by atoms with van der Waals surface area (Å²) in [5.74, 6) is -0.382. The molecule has 0 radical (unpaired) electrons. The van der Waals surface area contributed by atoms with Crippen molar-refractivity contribution in [3.8, 4) is 17.1 Å². The Bertz CT molecular complexity index is 983. The summed E-state index contributed by atoms with van der Waals surface area (Å²) in [5, 5.41) is 4.33. The number of nitrogens with zero attached hydrogens (tertiary/aromatic N) is 3. The fourth-order valence-corrected chi connectivity index (χ4v) is 3.31. The molecule has 0 unspecified atom stereocenters. The van der Waals surface area contributed by atoms with Crippen molar-refractivity contribution < 1.29 is 19.1 Å². The molecule has 2 N–H and O–H groups in total. The van der Waals surface area contributed by atoms with E-state index in [0.717, 1.165) is 11.3 Å². The van der Waals surface area contributed by atoms with E-state index in [1.807, 2.05) is 60.7 Å². The molecule has 2 aromatic carbocycles. The summed E-state index contributed by atoms with van der Waals surface area (Å²) in [5.41, 5.74) is 6.20. The first-order valence-corrected chi connectivity index (χ1v) is 10.6. The Morgan fingerprint density at radius 1 is 1.00 bits per heavy atom. The maximum absolute atomic E-state index is 12.5. The number of benzene rings is 2. The molecule has 0 saturated carbocycles. The quantitative estimate of drug-likeness (QED) is 0.313. The number of rotatable bonds is 8.